The molecule has 9 rings (SSSR count). The van der Waals surface area contributed by atoms with Crippen LogP contribution in [0.3, 0.4) is 0 Å². The Morgan fingerprint density at radius 3 is 1.57 bits per heavy atom. The molecule has 2 heteroatoms. The lowest BCUT2D eigenvalue weighted by atomic mass is 9.86. The van der Waals surface area contributed by atoms with Gasteiger partial charge in [-0.3, -0.25) is 0 Å². The molecule has 0 radical (unpaired) electrons. The zero-order chi connectivity index (χ0) is 34.0. The summed E-state index contributed by atoms with van der Waals surface area (Å²) >= 11 is 0. The first-order valence-electron chi connectivity index (χ1n) is 17.4. The Bertz CT molecular complexity index is 2870. The molecule has 0 saturated heterocycles. The summed E-state index contributed by atoms with van der Waals surface area (Å²) in [6, 6.07) is 22.2. The predicted molar refractivity (Wildman–Crippen MR) is 167 cm³/mol. The molecular weight excluding hydrogens is 488 g/mol. The molecule has 0 bridgehead atoms. The van der Waals surface area contributed by atoms with Crippen molar-refractivity contribution < 1.29 is 21.2 Å². The molecule has 0 atom stereocenters. The van der Waals surface area contributed by atoms with Gasteiger partial charge in [-0.2, -0.15) is 0 Å². The van der Waals surface area contributed by atoms with Crippen LogP contribution in [0.5, 0.6) is 0 Å². The van der Waals surface area contributed by atoms with Gasteiger partial charge >= 0.3 is 0 Å². The number of rotatable bonds is 2. The van der Waals surface area contributed by atoms with Crippen molar-refractivity contribution in [1.82, 2.24) is 0 Å². The molecule has 0 saturated carbocycles. The van der Waals surface area contributed by atoms with Gasteiger partial charge in [0.25, 0.3) is 0 Å². The first-order valence-corrected chi connectivity index (χ1v) is 12.9. The van der Waals surface area contributed by atoms with E-state index in [1.165, 1.54) is 0 Å². The van der Waals surface area contributed by atoms with Gasteiger partial charge < -0.3 is 8.83 Å². The maximum absolute atomic E-state index is 9.56. The van der Waals surface area contributed by atoms with Gasteiger partial charge in [0.05, 0.1) is 12.3 Å². The van der Waals surface area contributed by atoms with E-state index in [4.69, 9.17) is 17.1 Å². The average Bonchev–Trinajstić information content (AvgIpc) is 3.72. The SMILES string of the molecule is [2H]c1c([2H])c([2H])c2c(oc3c([2H])c([2H])c4oc5c([2H])c(-c6c7ccccc7c(-c7ccccc7)c7ccccc67)c([2H])c([2H])c5c4c32)c1[2H]. The highest BCUT2D eigenvalue weighted by atomic mass is 16.3. The van der Waals surface area contributed by atoms with Gasteiger partial charge in [-0.25, -0.2) is 0 Å². The summed E-state index contributed by atoms with van der Waals surface area (Å²) in [7, 11) is 0. The van der Waals surface area contributed by atoms with Gasteiger partial charge in [0.1, 0.15) is 22.3 Å². The van der Waals surface area contributed by atoms with Crippen LogP contribution in [0.4, 0.5) is 0 Å². The molecule has 2 nitrogen and oxygen atoms in total. The molecule has 7 aromatic carbocycles. The van der Waals surface area contributed by atoms with Crippen LogP contribution in [-0.2, 0) is 0 Å². The maximum Gasteiger partial charge on any atom is 0.136 e. The highest BCUT2D eigenvalue weighted by Gasteiger charge is 2.19. The Morgan fingerprint density at radius 1 is 0.400 bits per heavy atom. The average molecular weight is 520 g/mol. The Hall–Kier alpha value is -5.34. The highest BCUT2D eigenvalue weighted by Crippen LogP contribution is 2.45. The minimum atomic E-state index is -0.507. The van der Waals surface area contributed by atoms with Crippen LogP contribution >= 0.6 is 0 Å². The van der Waals surface area contributed by atoms with E-state index in [1.54, 1.807) is 0 Å². The summed E-state index contributed by atoms with van der Waals surface area (Å²) in [6.45, 7) is 0. The molecule has 186 valence electrons. The van der Waals surface area contributed by atoms with Gasteiger partial charge in [0, 0.05) is 21.5 Å². The molecule has 0 amide bonds. The van der Waals surface area contributed by atoms with E-state index in [0.717, 1.165) is 32.7 Å². The number of fused-ring (bicyclic) bond motifs is 9. The van der Waals surface area contributed by atoms with Crippen molar-refractivity contribution in [1.29, 1.82) is 0 Å². The van der Waals surface area contributed by atoms with Crippen LogP contribution in [0.25, 0.3) is 87.7 Å². The van der Waals surface area contributed by atoms with E-state index < -0.39 is 30.2 Å². The predicted octanol–water partition coefficient (Wildman–Crippen LogP) is 11.1. The van der Waals surface area contributed by atoms with Crippen molar-refractivity contribution in [2.24, 2.45) is 0 Å². The fourth-order valence-electron chi connectivity index (χ4n) is 5.93. The van der Waals surface area contributed by atoms with Crippen molar-refractivity contribution in [3.05, 3.63) is 133 Å². The van der Waals surface area contributed by atoms with Crippen molar-refractivity contribution in [3.63, 3.8) is 0 Å². The van der Waals surface area contributed by atoms with Crippen LogP contribution < -0.4 is 0 Å². The molecule has 2 heterocycles. The monoisotopic (exact) mass is 519 g/mol. The van der Waals surface area contributed by atoms with E-state index >= 15 is 0 Å². The van der Waals surface area contributed by atoms with Gasteiger partial charge in [-0.15, -0.1) is 0 Å². The lowest BCUT2D eigenvalue weighted by Gasteiger charge is -2.17. The lowest BCUT2D eigenvalue weighted by Crippen LogP contribution is -1.90. The molecule has 9 aromatic rings. The number of benzene rings is 7. The van der Waals surface area contributed by atoms with Crippen molar-refractivity contribution in [2.45, 2.75) is 0 Å². The Labute approximate surface area is 242 Å². The number of hydrogen-bond donors (Lipinski definition) is 0. The maximum atomic E-state index is 9.56. The zero-order valence-electron chi connectivity index (χ0n) is 29.8. The Balaban J connectivity index is 1.48. The number of para-hydroxylation sites is 1. The van der Waals surface area contributed by atoms with Crippen molar-refractivity contribution in [2.75, 3.05) is 0 Å². The molecule has 0 aliphatic carbocycles. The van der Waals surface area contributed by atoms with Gasteiger partial charge in [-0.05, 0) is 74.0 Å². The van der Waals surface area contributed by atoms with Gasteiger partial charge in [0.15, 0.2) is 0 Å². The molecule has 0 N–H and O–H groups in total. The highest BCUT2D eigenvalue weighted by molar-refractivity contribution is 6.26. The van der Waals surface area contributed by atoms with Gasteiger partial charge in [-0.1, -0.05) is 103 Å². The van der Waals surface area contributed by atoms with Crippen LogP contribution in [0, 0.1) is 0 Å². The third kappa shape index (κ3) is 2.93. The van der Waals surface area contributed by atoms with Gasteiger partial charge in [0.2, 0.25) is 0 Å². The third-order valence-corrected chi connectivity index (χ3v) is 7.58. The van der Waals surface area contributed by atoms with Crippen molar-refractivity contribution in [3.8, 4) is 22.3 Å². The summed E-state index contributed by atoms with van der Waals surface area (Å²) < 4.78 is 91.6. The molecule has 0 spiro atoms. The minimum Gasteiger partial charge on any atom is -0.456 e. The third-order valence-electron chi connectivity index (χ3n) is 7.58. The molecule has 40 heavy (non-hydrogen) atoms. The van der Waals surface area contributed by atoms with E-state index in [-0.39, 0.29) is 73.6 Å². The standard InChI is InChI=1S/C38H22O2/c1-2-10-23(11-3-1)35-25-12-4-6-14-27(25)36(28-15-7-5-13-26(28)35)24-18-19-30-34(22-24)40-33-21-20-32-37(38(30)33)29-16-8-9-17-31(29)39-32/h1-22H/i8D,9D,16D,17D,18D,19D,20D,21D,22D. The second-order valence-corrected chi connectivity index (χ2v) is 9.73. The van der Waals surface area contributed by atoms with E-state index in [1.807, 2.05) is 78.9 Å². The van der Waals surface area contributed by atoms with E-state index in [9.17, 15) is 4.11 Å². The number of hydrogen-bond acceptors (Lipinski definition) is 2. The second-order valence-electron chi connectivity index (χ2n) is 9.73. The topological polar surface area (TPSA) is 26.3 Å². The zero-order valence-corrected chi connectivity index (χ0v) is 20.8. The normalized spacial score (nSPS) is 15.2. The van der Waals surface area contributed by atoms with E-state index in [0.29, 0.717) is 5.56 Å². The van der Waals surface area contributed by atoms with Crippen LogP contribution in [0.2, 0.25) is 0 Å². The molecule has 0 aliphatic rings. The largest absolute Gasteiger partial charge is 0.456 e. The first-order chi connectivity index (χ1) is 23.6. The fourth-order valence-corrected chi connectivity index (χ4v) is 5.93. The number of furan rings is 2. The Kier molecular flexibility index (Phi) is 2.97. The molecule has 2 aromatic heterocycles. The summed E-state index contributed by atoms with van der Waals surface area (Å²) in [5.74, 6) is 0. The summed E-state index contributed by atoms with van der Waals surface area (Å²) in [5.41, 5.74) is 2.25. The molecule has 0 unspecified atom stereocenters. The van der Waals surface area contributed by atoms with Crippen LogP contribution in [0.15, 0.2) is 142 Å². The smallest absolute Gasteiger partial charge is 0.136 e. The lowest BCUT2D eigenvalue weighted by molar-refractivity contribution is 0.663. The molecule has 0 aliphatic heterocycles. The molecular formula is C38H22O2. The van der Waals surface area contributed by atoms with Crippen molar-refractivity contribution >= 4 is 65.4 Å². The van der Waals surface area contributed by atoms with Crippen LogP contribution in [0.1, 0.15) is 12.3 Å². The first kappa shape index (κ1) is 14.7. The fraction of sp³-hybridized carbons (Fsp3) is 0. The summed E-state index contributed by atoms with van der Waals surface area (Å²) in [6.07, 6.45) is 0. The second kappa shape index (κ2) is 8.08. The summed E-state index contributed by atoms with van der Waals surface area (Å²) in [5, 5.41) is 3.59. The molecule has 0 fully saturated rings. The minimum absolute atomic E-state index is 0.0165. The van der Waals surface area contributed by atoms with Crippen LogP contribution in [-0.4, -0.2) is 0 Å². The Morgan fingerprint density at radius 2 is 0.925 bits per heavy atom. The van der Waals surface area contributed by atoms with E-state index in [2.05, 4.69) is 0 Å². The quantitative estimate of drug-likeness (QED) is 0.212. The summed E-state index contributed by atoms with van der Waals surface area (Å²) in [4.78, 5) is 0.